The van der Waals surface area contributed by atoms with Crippen LogP contribution in [0.2, 0.25) is 0 Å². The Morgan fingerprint density at radius 1 is 1.38 bits per heavy atom. The topological polar surface area (TPSA) is 35.5 Å². The van der Waals surface area contributed by atoms with Gasteiger partial charge in [-0.1, -0.05) is 6.08 Å². The summed E-state index contributed by atoms with van der Waals surface area (Å²) in [5, 5.41) is 0. The van der Waals surface area contributed by atoms with Gasteiger partial charge in [-0.3, -0.25) is 4.79 Å². The molecule has 3 nitrogen and oxygen atoms in total. The maximum Gasteiger partial charge on any atom is 0.184 e. The predicted molar refractivity (Wildman–Crippen MR) is 47.5 cm³/mol. The van der Waals surface area contributed by atoms with Gasteiger partial charge in [-0.15, -0.1) is 0 Å². The minimum atomic E-state index is 0.0141. The molecule has 0 saturated carbocycles. The summed E-state index contributed by atoms with van der Waals surface area (Å²) in [5.41, 5.74) is 1.20. The van der Waals surface area contributed by atoms with Crippen LogP contribution in [-0.4, -0.2) is 31.2 Å². The number of ether oxygens (including phenoxy) is 2. The Labute approximate surface area is 77.7 Å². The number of ketones is 1. The predicted octanol–water partition coefficient (Wildman–Crippen LogP) is 1.08. The molecular formula is C10H14O3. The Morgan fingerprint density at radius 2 is 2.15 bits per heavy atom. The van der Waals surface area contributed by atoms with E-state index in [2.05, 4.69) is 6.08 Å². The highest BCUT2D eigenvalue weighted by Crippen LogP contribution is 2.25. The van der Waals surface area contributed by atoms with Gasteiger partial charge in [-0.05, 0) is 25.3 Å². The molecule has 0 aromatic heterocycles. The molecule has 1 aliphatic carbocycles. The van der Waals surface area contributed by atoms with Crippen molar-refractivity contribution in [1.82, 2.24) is 0 Å². The van der Waals surface area contributed by atoms with E-state index < -0.39 is 0 Å². The highest BCUT2D eigenvalue weighted by atomic mass is 16.6. The minimum absolute atomic E-state index is 0.0141. The van der Waals surface area contributed by atoms with Gasteiger partial charge in [0.15, 0.2) is 5.78 Å². The number of hydrogen-bond acceptors (Lipinski definition) is 3. The molecule has 0 bridgehead atoms. The van der Waals surface area contributed by atoms with Crippen LogP contribution in [-0.2, 0) is 14.3 Å². The van der Waals surface area contributed by atoms with Crippen molar-refractivity contribution < 1.29 is 14.3 Å². The summed E-state index contributed by atoms with van der Waals surface area (Å²) in [6, 6.07) is 0. The fourth-order valence-corrected chi connectivity index (χ4v) is 1.87. The first kappa shape index (κ1) is 8.91. The molecule has 1 saturated heterocycles. The van der Waals surface area contributed by atoms with Gasteiger partial charge in [-0.25, -0.2) is 0 Å². The Bertz CT molecular complexity index is 245. The van der Waals surface area contributed by atoms with E-state index >= 15 is 0 Å². The van der Waals surface area contributed by atoms with Crippen LogP contribution in [0.1, 0.15) is 19.8 Å². The average Bonchev–Trinajstić information content (AvgIpc) is 2.30. The van der Waals surface area contributed by atoms with Crippen molar-refractivity contribution in [3.63, 3.8) is 0 Å². The van der Waals surface area contributed by atoms with E-state index in [1.165, 1.54) is 5.57 Å². The Kier molecular flexibility index (Phi) is 2.47. The molecular weight excluding hydrogens is 168 g/mol. The molecule has 0 N–H and O–H groups in total. The lowest BCUT2D eigenvalue weighted by Crippen LogP contribution is -2.33. The fraction of sp³-hybridized carbons (Fsp3) is 0.700. The maximum absolute atomic E-state index is 11.1. The molecule has 0 unspecified atom stereocenters. The van der Waals surface area contributed by atoms with Gasteiger partial charge in [0.2, 0.25) is 0 Å². The van der Waals surface area contributed by atoms with Gasteiger partial charge in [0, 0.05) is 0 Å². The van der Waals surface area contributed by atoms with Gasteiger partial charge in [0.1, 0.15) is 19.3 Å². The zero-order valence-corrected chi connectivity index (χ0v) is 7.79. The van der Waals surface area contributed by atoms with Gasteiger partial charge in [0.05, 0.1) is 6.10 Å². The highest BCUT2D eigenvalue weighted by molar-refractivity contribution is 5.81. The molecule has 1 fully saturated rings. The van der Waals surface area contributed by atoms with Crippen molar-refractivity contribution in [1.29, 1.82) is 0 Å². The van der Waals surface area contributed by atoms with Gasteiger partial charge < -0.3 is 9.47 Å². The SMILES string of the molecule is CC1=CCC[C@@H]2OCC(=O)CO[C@H]12. The van der Waals surface area contributed by atoms with Crippen molar-refractivity contribution in [2.24, 2.45) is 0 Å². The van der Waals surface area contributed by atoms with Gasteiger partial charge in [0.25, 0.3) is 0 Å². The largest absolute Gasteiger partial charge is 0.367 e. The molecule has 2 aliphatic rings. The third kappa shape index (κ3) is 1.81. The number of carbonyl (C=O) groups is 1. The van der Waals surface area contributed by atoms with Gasteiger partial charge >= 0.3 is 0 Å². The summed E-state index contributed by atoms with van der Waals surface area (Å²) >= 11 is 0. The third-order valence-electron chi connectivity index (χ3n) is 2.59. The lowest BCUT2D eigenvalue weighted by Gasteiger charge is -2.28. The summed E-state index contributed by atoms with van der Waals surface area (Å²) in [7, 11) is 0. The second-order valence-corrected chi connectivity index (χ2v) is 3.65. The number of fused-ring (bicyclic) bond motifs is 1. The van der Waals surface area contributed by atoms with Crippen LogP contribution in [0, 0.1) is 0 Å². The normalized spacial score (nSPS) is 34.8. The molecule has 13 heavy (non-hydrogen) atoms. The molecule has 2 rings (SSSR count). The molecule has 0 spiro atoms. The smallest absolute Gasteiger partial charge is 0.184 e. The quantitative estimate of drug-likeness (QED) is 0.526. The van der Waals surface area contributed by atoms with Gasteiger partial charge in [-0.2, -0.15) is 0 Å². The minimum Gasteiger partial charge on any atom is -0.367 e. The number of carbonyl (C=O) groups excluding carboxylic acids is 1. The monoisotopic (exact) mass is 182 g/mol. The summed E-state index contributed by atoms with van der Waals surface area (Å²) in [4.78, 5) is 11.1. The first-order valence-electron chi connectivity index (χ1n) is 4.69. The van der Waals surface area contributed by atoms with Crippen LogP contribution in [0.4, 0.5) is 0 Å². The van der Waals surface area contributed by atoms with E-state index in [1.807, 2.05) is 6.92 Å². The molecule has 0 aromatic rings. The van der Waals surface area contributed by atoms with Crippen LogP contribution in [0.25, 0.3) is 0 Å². The molecule has 0 amide bonds. The lowest BCUT2D eigenvalue weighted by molar-refractivity contribution is -0.124. The van der Waals surface area contributed by atoms with Crippen molar-refractivity contribution in [3.8, 4) is 0 Å². The summed E-state index contributed by atoms with van der Waals surface area (Å²) in [6.07, 6.45) is 4.27. The zero-order chi connectivity index (χ0) is 9.26. The highest BCUT2D eigenvalue weighted by Gasteiger charge is 2.30. The third-order valence-corrected chi connectivity index (χ3v) is 2.59. The molecule has 0 radical (unpaired) electrons. The van der Waals surface area contributed by atoms with Crippen LogP contribution >= 0.6 is 0 Å². The number of allylic oxidation sites excluding steroid dienone is 1. The fourth-order valence-electron chi connectivity index (χ4n) is 1.87. The van der Waals surface area contributed by atoms with E-state index in [1.54, 1.807) is 0 Å². The average molecular weight is 182 g/mol. The first-order valence-corrected chi connectivity index (χ1v) is 4.69. The Hall–Kier alpha value is -0.670. The number of hydrogen-bond donors (Lipinski definition) is 0. The van der Waals surface area contributed by atoms with E-state index in [9.17, 15) is 4.79 Å². The van der Waals surface area contributed by atoms with Crippen molar-refractivity contribution in [2.75, 3.05) is 13.2 Å². The molecule has 3 heteroatoms. The van der Waals surface area contributed by atoms with Crippen LogP contribution < -0.4 is 0 Å². The van der Waals surface area contributed by atoms with Crippen molar-refractivity contribution >= 4 is 5.78 Å². The Morgan fingerprint density at radius 3 is 3.00 bits per heavy atom. The number of Topliss-reactive ketones (excluding diaryl/α,β-unsaturated/α-hetero) is 1. The summed E-state index contributed by atoms with van der Waals surface area (Å²) in [6.45, 7) is 2.46. The maximum atomic E-state index is 11.1. The summed E-state index contributed by atoms with van der Waals surface area (Å²) in [5.74, 6) is 0.0437. The second-order valence-electron chi connectivity index (χ2n) is 3.65. The van der Waals surface area contributed by atoms with E-state index in [0.717, 1.165) is 12.8 Å². The molecule has 1 aliphatic heterocycles. The van der Waals surface area contributed by atoms with Crippen molar-refractivity contribution in [2.45, 2.75) is 32.0 Å². The lowest BCUT2D eigenvalue weighted by atomic mass is 9.95. The zero-order valence-electron chi connectivity index (χ0n) is 7.79. The molecule has 72 valence electrons. The van der Waals surface area contributed by atoms with Crippen LogP contribution in [0.15, 0.2) is 11.6 Å². The first-order chi connectivity index (χ1) is 6.27. The number of rotatable bonds is 0. The Balaban J connectivity index is 2.12. The van der Waals surface area contributed by atoms with E-state index in [4.69, 9.17) is 9.47 Å². The molecule has 0 aromatic carbocycles. The van der Waals surface area contributed by atoms with Crippen LogP contribution in [0.3, 0.4) is 0 Å². The second kappa shape index (κ2) is 3.60. The molecule has 2 atom stereocenters. The van der Waals surface area contributed by atoms with E-state index in [0.29, 0.717) is 0 Å². The summed E-state index contributed by atoms with van der Waals surface area (Å²) < 4.78 is 11.0. The standard InChI is InChI=1S/C10H14O3/c1-7-3-2-4-9-10(7)13-6-8(11)5-12-9/h3,9-10H,2,4-6H2,1H3/t9-,10+/m0/s1. The molecule has 1 heterocycles. The van der Waals surface area contributed by atoms with Crippen molar-refractivity contribution in [3.05, 3.63) is 11.6 Å². The van der Waals surface area contributed by atoms with E-state index in [-0.39, 0.29) is 31.2 Å². The van der Waals surface area contributed by atoms with Crippen LogP contribution in [0.5, 0.6) is 0 Å².